The molecule has 176 valence electrons. The van der Waals surface area contributed by atoms with Crippen LogP contribution >= 0.6 is 11.3 Å². The standard InChI is InChI=1S/C26H20N2O6S/c1-4-33-26(31)24-15(2)20(14-28)23(35-24)12-21(29)18(13-27)11-19-8-9-22(34-19)16-6-5-7-17(10-16)25(30)32-3/h5-11H,4,12H2,1-3H3/b18-11+. The van der Waals surface area contributed by atoms with E-state index in [4.69, 9.17) is 13.9 Å². The van der Waals surface area contributed by atoms with E-state index in [2.05, 4.69) is 0 Å². The number of ether oxygens (including phenoxy) is 2. The average Bonchev–Trinajstić information content (AvgIpc) is 3.46. The van der Waals surface area contributed by atoms with Crippen LogP contribution in [0.5, 0.6) is 0 Å². The lowest BCUT2D eigenvalue weighted by Crippen LogP contribution is -2.05. The number of furan rings is 1. The fourth-order valence-electron chi connectivity index (χ4n) is 3.30. The van der Waals surface area contributed by atoms with Gasteiger partial charge in [0.1, 0.15) is 28.5 Å². The largest absolute Gasteiger partial charge is 0.465 e. The van der Waals surface area contributed by atoms with Gasteiger partial charge in [-0.1, -0.05) is 12.1 Å². The van der Waals surface area contributed by atoms with Crippen molar-refractivity contribution in [2.24, 2.45) is 0 Å². The summed E-state index contributed by atoms with van der Waals surface area (Å²) < 4.78 is 15.5. The van der Waals surface area contributed by atoms with Gasteiger partial charge in [0.15, 0.2) is 5.78 Å². The first-order chi connectivity index (χ1) is 16.8. The molecule has 0 fully saturated rings. The second-order valence-electron chi connectivity index (χ2n) is 7.23. The minimum atomic E-state index is -0.555. The number of hydrogen-bond acceptors (Lipinski definition) is 9. The molecule has 0 atom stereocenters. The molecule has 0 aliphatic heterocycles. The van der Waals surface area contributed by atoms with E-state index >= 15 is 0 Å². The molecule has 0 N–H and O–H groups in total. The quantitative estimate of drug-likeness (QED) is 0.249. The van der Waals surface area contributed by atoms with E-state index in [1.165, 1.54) is 13.2 Å². The Morgan fingerprint density at radius 1 is 1.14 bits per heavy atom. The van der Waals surface area contributed by atoms with Crippen LogP contribution in [0.1, 0.15) is 48.7 Å². The Kier molecular flexibility index (Phi) is 7.98. The summed E-state index contributed by atoms with van der Waals surface area (Å²) in [6.45, 7) is 3.48. The fourth-order valence-corrected chi connectivity index (χ4v) is 4.44. The van der Waals surface area contributed by atoms with Crippen LogP contribution in [0.3, 0.4) is 0 Å². The van der Waals surface area contributed by atoms with E-state index in [9.17, 15) is 24.9 Å². The minimum Gasteiger partial charge on any atom is -0.465 e. The predicted octanol–water partition coefficient (Wildman–Crippen LogP) is 4.87. The number of carbonyl (C=O) groups is 3. The molecule has 0 unspecified atom stereocenters. The first-order valence-corrected chi connectivity index (χ1v) is 11.3. The van der Waals surface area contributed by atoms with Crippen molar-refractivity contribution in [1.29, 1.82) is 10.5 Å². The topological polar surface area (TPSA) is 130 Å². The smallest absolute Gasteiger partial charge is 0.348 e. The highest BCUT2D eigenvalue weighted by atomic mass is 32.1. The number of Topliss-reactive ketones (excluding diaryl/α,β-unsaturated/α-hetero) is 1. The molecule has 3 rings (SSSR count). The first-order valence-electron chi connectivity index (χ1n) is 10.5. The third kappa shape index (κ3) is 5.55. The Morgan fingerprint density at radius 2 is 1.91 bits per heavy atom. The van der Waals surface area contributed by atoms with Crippen LogP contribution in [0.2, 0.25) is 0 Å². The number of esters is 2. The molecule has 2 heterocycles. The Bertz CT molecular complexity index is 1410. The molecule has 0 spiro atoms. The fraction of sp³-hybridized carbons (Fsp3) is 0.192. The Labute approximate surface area is 205 Å². The first kappa shape index (κ1) is 25.2. The zero-order valence-corrected chi connectivity index (χ0v) is 20.0. The van der Waals surface area contributed by atoms with Crippen molar-refractivity contribution in [3.63, 3.8) is 0 Å². The zero-order chi connectivity index (χ0) is 25.5. The number of methoxy groups -OCH3 is 1. The molecule has 1 aromatic carbocycles. The highest BCUT2D eigenvalue weighted by molar-refractivity contribution is 7.14. The number of nitrogens with zero attached hydrogens (tertiary/aromatic N) is 2. The van der Waals surface area contributed by atoms with E-state index in [0.29, 0.717) is 27.3 Å². The molecule has 0 saturated carbocycles. The third-order valence-electron chi connectivity index (χ3n) is 5.02. The highest BCUT2D eigenvalue weighted by Gasteiger charge is 2.23. The number of nitriles is 2. The molecule has 3 aromatic rings. The number of allylic oxidation sites excluding steroid dienone is 1. The van der Waals surface area contributed by atoms with E-state index in [1.807, 2.05) is 12.1 Å². The molecule has 9 heteroatoms. The molecule has 35 heavy (non-hydrogen) atoms. The molecule has 0 saturated heterocycles. The minimum absolute atomic E-state index is 0.165. The van der Waals surface area contributed by atoms with E-state index in [0.717, 1.165) is 11.3 Å². The summed E-state index contributed by atoms with van der Waals surface area (Å²) >= 11 is 1.01. The summed E-state index contributed by atoms with van der Waals surface area (Å²) in [4.78, 5) is 37.4. The highest BCUT2D eigenvalue weighted by Crippen LogP contribution is 2.30. The lowest BCUT2D eigenvalue weighted by Gasteiger charge is -2.01. The van der Waals surface area contributed by atoms with Gasteiger partial charge < -0.3 is 13.9 Å². The number of ketones is 1. The molecule has 0 aliphatic carbocycles. The maximum absolute atomic E-state index is 12.9. The van der Waals surface area contributed by atoms with Crippen molar-refractivity contribution >= 4 is 35.1 Å². The van der Waals surface area contributed by atoms with Gasteiger partial charge in [-0.05, 0) is 43.7 Å². The van der Waals surface area contributed by atoms with Crippen molar-refractivity contribution in [3.8, 4) is 23.5 Å². The van der Waals surface area contributed by atoms with E-state index in [1.54, 1.807) is 50.2 Å². The van der Waals surface area contributed by atoms with Gasteiger partial charge in [0, 0.05) is 22.9 Å². The van der Waals surface area contributed by atoms with Crippen LogP contribution in [0.15, 0.2) is 46.4 Å². The molecular formula is C26H20N2O6S. The van der Waals surface area contributed by atoms with Crippen molar-refractivity contribution in [3.05, 3.63) is 74.2 Å². The monoisotopic (exact) mass is 488 g/mol. The molecule has 0 radical (unpaired) electrons. The molecule has 0 amide bonds. The Balaban J connectivity index is 1.85. The summed E-state index contributed by atoms with van der Waals surface area (Å²) in [5, 5.41) is 19.1. The van der Waals surface area contributed by atoms with Gasteiger partial charge in [-0.3, -0.25) is 4.79 Å². The second kappa shape index (κ2) is 11.1. The van der Waals surface area contributed by atoms with Crippen molar-refractivity contribution < 1.29 is 28.3 Å². The van der Waals surface area contributed by atoms with Gasteiger partial charge in [-0.15, -0.1) is 11.3 Å². The Hall–Kier alpha value is -4.47. The maximum Gasteiger partial charge on any atom is 0.348 e. The molecule has 8 nitrogen and oxygen atoms in total. The van der Waals surface area contributed by atoms with Crippen molar-refractivity contribution in [2.75, 3.05) is 13.7 Å². The van der Waals surface area contributed by atoms with Crippen LogP contribution in [-0.4, -0.2) is 31.4 Å². The number of carbonyl (C=O) groups excluding carboxylic acids is 3. The molecule has 0 aliphatic rings. The lowest BCUT2D eigenvalue weighted by molar-refractivity contribution is -0.114. The summed E-state index contributed by atoms with van der Waals surface area (Å²) in [7, 11) is 1.29. The van der Waals surface area contributed by atoms with Crippen molar-refractivity contribution in [2.45, 2.75) is 20.3 Å². The van der Waals surface area contributed by atoms with Crippen molar-refractivity contribution in [1.82, 2.24) is 0 Å². The van der Waals surface area contributed by atoms with E-state index in [-0.39, 0.29) is 34.8 Å². The average molecular weight is 489 g/mol. The van der Waals surface area contributed by atoms with Crippen LogP contribution in [0.25, 0.3) is 17.4 Å². The maximum atomic E-state index is 12.9. The van der Waals surface area contributed by atoms with Gasteiger partial charge in [0.25, 0.3) is 0 Å². The number of thiophene rings is 1. The lowest BCUT2D eigenvalue weighted by atomic mass is 10.0. The van der Waals surface area contributed by atoms with Crippen LogP contribution < -0.4 is 0 Å². The molecule has 0 bridgehead atoms. The number of benzene rings is 1. The third-order valence-corrected chi connectivity index (χ3v) is 6.29. The summed E-state index contributed by atoms with van der Waals surface area (Å²) in [5.41, 5.74) is 1.49. The number of rotatable bonds is 8. The van der Waals surface area contributed by atoms with Crippen LogP contribution in [-0.2, 0) is 20.7 Å². The SMILES string of the molecule is CCOC(=O)c1sc(CC(=O)/C(C#N)=C/c2ccc(-c3cccc(C(=O)OC)c3)o2)c(C#N)c1C. The van der Waals surface area contributed by atoms with Gasteiger partial charge in [0.05, 0.1) is 30.4 Å². The van der Waals surface area contributed by atoms with Crippen LogP contribution in [0, 0.1) is 29.6 Å². The molecular weight excluding hydrogens is 468 g/mol. The normalized spacial score (nSPS) is 10.8. The summed E-state index contributed by atoms with van der Waals surface area (Å²) in [6, 6.07) is 13.8. The summed E-state index contributed by atoms with van der Waals surface area (Å²) in [5.74, 6) is -0.857. The van der Waals surface area contributed by atoms with Gasteiger partial charge in [-0.25, -0.2) is 9.59 Å². The van der Waals surface area contributed by atoms with Gasteiger partial charge in [-0.2, -0.15) is 10.5 Å². The van der Waals surface area contributed by atoms with Gasteiger partial charge >= 0.3 is 11.9 Å². The Morgan fingerprint density at radius 3 is 2.57 bits per heavy atom. The predicted molar refractivity (Wildman–Crippen MR) is 128 cm³/mol. The van der Waals surface area contributed by atoms with Gasteiger partial charge in [0.2, 0.25) is 0 Å². The van der Waals surface area contributed by atoms with E-state index < -0.39 is 17.7 Å². The van der Waals surface area contributed by atoms with Crippen LogP contribution in [0.4, 0.5) is 0 Å². The number of hydrogen-bond donors (Lipinski definition) is 0. The molecule has 2 aromatic heterocycles. The second-order valence-corrected chi connectivity index (χ2v) is 8.34. The zero-order valence-electron chi connectivity index (χ0n) is 19.2. The summed E-state index contributed by atoms with van der Waals surface area (Å²) in [6.07, 6.45) is 1.09.